The Morgan fingerprint density at radius 2 is 1.40 bits per heavy atom. The van der Waals surface area contributed by atoms with Crippen LogP contribution >= 0.6 is 0 Å². The van der Waals surface area contributed by atoms with Crippen LogP contribution in [0.1, 0.15) is 49.9 Å². The Morgan fingerprint density at radius 1 is 0.810 bits per heavy atom. The zero-order valence-corrected chi connectivity index (χ0v) is 24.7. The predicted molar refractivity (Wildman–Crippen MR) is 164 cm³/mol. The number of hydrogen-bond donors (Lipinski definition) is 0. The van der Waals surface area contributed by atoms with E-state index in [1.165, 1.54) is 49.8 Å². The van der Waals surface area contributed by atoms with Gasteiger partial charge in [0.15, 0.2) is 0 Å². The largest absolute Gasteiger partial charge is 0.253 e. The Labute approximate surface area is 245 Å². The summed E-state index contributed by atoms with van der Waals surface area (Å²) in [7, 11) is -2.05. The predicted octanol–water partition coefficient (Wildman–Crippen LogP) is 7.72. The lowest BCUT2D eigenvalue weighted by atomic mass is 9.99. The van der Waals surface area contributed by atoms with Crippen LogP contribution in [0.4, 0.5) is 14.7 Å². The van der Waals surface area contributed by atoms with Crippen molar-refractivity contribution in [2.75, 3.05) is 17.6 Å². The molecule has 216 valence electrons. The average molecular weight is 587 g/mol. The van der Waals surface area contributed by atoms with Crippen LogP contribution in [-0.2, 0) is 10.0 Å². The van der Waals surface area contributed by atoms with E-state index < -0.39 is 10.0 Å². The summed E-state index contributed by atoms with van der Waals surface area (Å²) in [5, 5.41) is 1.13. The first-order valence-electron chi connectivity index (χ1n) is 13.7. The molecule has 6 rings (SSSR count). The van der Waals surface area contributed by atoms with Gasteiger partial charge in [0.05, 0.1) is 17.5 Å². The Morgan fingerprint density at radius 3 is 1.98 bits per heavy atom. The van der Waals surface area contributed by atoms with Gasteiger partial charge in [0.1, 0.15) is 11.6 Å². The second-order valence-electron chi connectivity index (χ2n) is 10.8. The molecule has 1 saturated carbocycles. The highest BCUT2D eigenvalue weighted by Crippen LogP contribution is 2.41. The van der Waals surface area contributed by atoms with Crippen LogP contribution in [0.5, 0.6) is 0 Å². The van der Waals surface area contributed by atoms with Gasteiger partial charge in [-0.05, 0) is 84.5 Å². The van der Waals surface area contributed by atoms with Gasteiger partial charge < -0.3 is 0 Å². The van der Waals surface area contributed by atoms with Gasteiger partial charge in [-0.25, -0.2) is 31.5 Å². The molecule has 0 amide bonds. The van der Waals surface area contributed by atoms with Crippen molar-refractivity contribution in [2.45, 2.75) is 38.5 Å². The van der Waals surface area contributed by atoms with Gasteiger partial charge in [-0.1, -0.05) is 44.2 Å². The van der Waals surface area contributed by atoms with E-state index in [9.17, 15) is 17.2 Å². The molecule has 42 heavy (non-hydrogen) atoms. The number of aromatic nitrogens is 3. The van der Waals surface area contributed by atoms with Crippen molar-refractivity contribution in [2.24, 2.45) is 0 Å². The first-order chi connectivity index (χ1) is 20.0. The summed E-state index contributed by atoms with van der Waals surface area (Å²) in [6, 6.07) is 24.7. The third kappa shape index (κ3) is 6.79. The molecule has 6 nitrogen and oxygen atoms in total. The number of anilines is 1. The Hall–Kier alpha value is -4.24. The number of pyridine rings is 1. The maximum atomic E-state index is 13.1. The van der Waals surface area contributed by atoms with E-state index in [-0.39, 0.29) is 23.5 Å². The number of benzene rings is 3. The first-order valence-corrected chi connectivity index (χ1v) is 15.6. The normalized spacial score (nSPS) is 13.1. The Balaban J connectivity index is 0.000000168. The highest BCUT2D eigenvalue weighted by molar-refractivity contribution is 7.92. The SMILES string of the molecule is CC(C)c1cc(-c2ccc(F)cc2)nc(N(C)S(C)(=O)=O)n1.Fc1ccc(-c2cc(C3CC3)nc3ccccc23)cc1. The summed E-state index contributed by atoms with van der Waals surface area (Å²) in [6.45, 7) is 3.92. The highest BCUT2D eigenvalue weighted by Gasteiger charge is 2.26. The Bertz CT molecular complexity index is 1820. The quantitative estimate of drug-likeness (QED) is 0.204. The fourth-order valence-electron chi connectivity index (χ4n) is 4.46. The molecule has 0 aliphatic heterocycles. The molecule has 3 aromatic carbocycles. The minimum atomic E-state index is -3.46. The van der Waals surface area contributed by atoms with Crippen LogP contribution in [-0.4, -0.2) is 36.7 Å². The van der Waals surface area contributed by atoms with Gasteiger partial charge in [0, 0.05) is 35.3 Å². The summed E-state index contributed by atoms with van der Waals surface area (Å²) >= 11 is 0. The van der Waals surface area contributed by atoms with Crippen LogP contribution in [0.15, 0.2) is 84.9 Å². The molecule has 2 heterocycles. The maximum absolute atomic E-state index is 13.1. The van der Waals surface area contributed by atoms with E-state index in [0.717, 1.165) is 38.3 Å². The number of rotatable bonds is 6. The molecular weight excluding hydrogens is 554 g/mol. The summed E-state index contributed by atoms with van der Waals surface area (Å²) in [4.78, 5) is 13.4. The zero-order chi connectivity index (χ0) is 30.0. The van der Waals surface area contributed by atoms with E-state index in [0.29, 0.717) is 17.2 Å². The molecule has 0 radical (unpaired) electrons. The fourth-order valence-corrected chi connectivity index (χ4v) is 4.84. The van der Waals surface area contributed by atoms with Gasteiger partial charge in [-0.3, -0.25) is 4.98 Å². The van der Waals surface area contributed by atoms with Crippen molar-refractivity contribution in [1.82, 2.24) is 15.0 Å². The van der Waals surface area contributed by atoms with Crippen LogP contribution in [0.25, 0.3) is 33.3 Å². The summed E-state index contributed by atoms with van der Waals surface area (Å²) < 4.78 is 50.6. The standard InChI is InChI=1S/C18H14FN.C15H18FN3O2S/c19-14-9-7-12(8-10-14)16-11-18(13-5-6-13)20-17-4-2-1-3-15(16)17;1-10(2)13-9-14(11-5-7-12(16)8-6-11)18-15(17-13)19(3)22(4,20)21/h1-4,7-11,13H,5-6H2;5-10H,1-4H3. The zero-order valence-electron chi connectivity index (χ0n) is 23.9. The van der Waals surface area contributed by atoms with E-state index in [2.05, 4.69) is 22.1 Å². The average Bonchev–Trinajstić information content (AvgIpc) is 3.82. The third-order valence-electron chi connectivity index (χ3n) is 7.13. The number of fused-ring (bicyclic) bond motifs is 1. The van der Waals surface area contributed by atoms with E-state index in [4.69, 9.17) is 4.98 Å². The molecule has 1 aliphatic rings. The lowest BCUT2D eigenvalue weighted by Crippen LogP contribution is -2.27. The van der Waals surface area contributed by atoms with Crippen molar-refractivity contribution in [3.05, 3.63) is 108 Å². The molecule has 2 aromatic heterocycles. The smallest absolute Gasteiger partial charge is 0.239 e. The van der Waals surface area contributed by atoms with Gasteiger partial charge in [0.25, 0.3) is 0 Å². The summed E-state index contributed by atoms with van der Waals surface area (Å²) in [5.74, 6) is 0.283. The first kappa shape index (κ1) is 29.3. The van der Waals surface area contributed by atoms with Gasteiger partial charge in [-0.2, -0.15) is 0 Å². The molecule has 0 spiro atoms. The lowest BCUT2D eigenvalue weighted by molar-refractivity contribution is 0.599. The van der Waals surface area contributed by atoms with E-state index in [1.807, 2.05) is 44.2 Å². The van der Waals surface area contributed by atoms with Crippen molar-refractivity contribution in [1.29, 1.82) is 0 Å². The monoisotopic (exact) mass is 586 g/mol. The van der Waals surface area contributed by atoms with Gasteiger partial charge >= 0.3 is 0 Å². The molecule has 0 atom stereocenters. The molecule has 0 bridgehead atoms. The number of sulfonamides is 1. The number of nitrogens with zero attached hydrogens (tertiary/aromatic N) is 4. The van der Waals surface area contributed by atoms with Crippen molar-refractivity contribution < 1.29 is 17.2 Å². The van der Waals surface area contributed by atoms with Gasteiger partial charge in [-0.15, -0.1) is 0 Å². The minimum Gasteiger partial charge on any atom is -0.253 e. The molecule has 0 N–H and O–H groups in total. The number of halogens is 2. The third-order valence-corrected chi connectivity index (χ3v) is 8.29. The maximum Gasteiger partial charge on any atom is 0.239 e. The second kappa shape index (κ2) is 11.9. The number of hydrogen-bond acceptors (Lipinski definition) is 5. The molecule has 0 unspecified atom stereocenters. The molecule has 5 aromatic rings. The van der Waals surface area contributed by atoms with Crippen LogP contribution in [0.2, 0.25) is 0 Å². The molecule has 0 saturated heterocycles. The molecule has 1 fully saturated rings. The van der Waals surface area contributed by atoms with Crippen LogP contribution in [0.3, 0.4) is 0 Å². The van der Waals surface area contributed by atoms with Crippen LogP contribution in [0, 0.1) is 11.6 Å². The van der Waals surface area contributed by atoms with Crippen molar-refractivity contribution >= 4 is 26.9 Å². The summed E-state index contributed by atoms with van der Waals surface area (Å²) in [6.07, 6.45) is 3.55. The molecular formula is C33H32F2N4O2S. The lowest BCUT2D eigenvalue weighted by Gasteiger charge is -2.17. The van der Waals surface area contributed by atoms with Crippen molar-refractivity contribution in [3.8, 4) is 22.4 Å². The van der Waals surface area contributed by atoms with E-state index in [1.54, 1.807) is 18.2 Å². The molecule has 9 heteroatoms. The molecule has 1 aliphatic carbocycles. The second-order valence-corrected chi connectivity index (χ2v) is 12.8. The summed E-state index contributed by atoms with van der Waals surface area (Å²) in [5.41, 5.74) is 6.38. The topological polar surface area (TPSA) is 76.1 Å². The minimum absolute atomic E-state index is 0.105. The van der Waals surface area contributed by atoms with Gasteiger partial charge in [0.2, 0.25) is 16.0 Å². The van der Waals surface area contributed by atoms with E-state index >= 15 is 0 Å². The van der Waals surface area contributed by atoms with Crippen LogP contribution < -0.4 is 4.31 Å². The number of para-hydroxylation sites is 1. The Kier molecular flexibility index (Phi) is 8.31. The highest BCUT2D eigenvalue weighted by atomic mass is 32.2. The fraction of sp³-hybridized carbons (Fsp3) is 0.242. The van der Waals surface area contributed by atoms with Crippen molar-refractivity contribution in [3.63, 3.8) is 0 Å².